The Bertz CT molecular complexity index is 605. The number of carbonyl (C=O) groups excluding carboxylic acids is 2. The van der Waals surface area contributed by atoms with E-state index >= 15 is 0 Å². The van der Waals surface area contributed by atoms with Crippen molar-refractivity contribution in [1.29, 1.82) is 0 Å². The standard InChI is InChI=1S/C21H33N3O2/c1-16(2)14-23-21(26)18-9-10-19(17(3)13-18)22-15-20(25)24-11-7-5-4-6-8-12-24/h9-10,13,16,22H,4-8,11-12,14-15H2,1-3H3,(H,23,26). The highest BCUT2D eigenvalue weighted by atomic mass is 16.2. The number of nitrogens with zero attached hydrogens (tertiary/aromatic N) is 1. The summed E-state index contributed by atoms with van der Waals surface area (Å²) in [7, 11) is 0. The summed E-state index contributed by atoms with van der Waals surface area (Å²) in [5.74, 6) is 0.533. The zero-order valence-electron chi connectivity index (χ0n) is 16.4. The van der Waals surface area contributed by atoms with Crippen LogP contribution in [0.2, 0.25) is 0 Å². The van der Waals surface area contributed by atoms with Gasteiger partial charge in [-0.05, 0) is 49.4 Å². The van der Waals surface area contributed by atoms with Crippen LogP contribution in [0.4, 0.5) is 5.69 Å². The van der Waals surface area contributed by atoms with Crippen LogP contribution >= 0.6 is 0 Å². The fourth-order valence-electron chi connectivity index (χ4n) is 3.18. The molecule has 0 unspecified atom stereocenters. The largest absolute Gasteiger partial charge is 0.376 e. The Kier molecular flexibility index (Phi) is 7.95. The fourth-order valence-corrected chi connectivity index (χ4v) is 3.18. The summed E-state index contributed by atoms with van der Waals surface area (Å²) in [5, 5.41) is 6.17. The zero-order chi connectivity index (χ0) is 18.9. The predicted molar refractivity (Wildman–Crippen MR) is 107 cm³/mol. The molecule has 1 aromatic carbocycles. The average molecular weight is 360 g/mol. The van der Waals surface area contributed by atoms with E-state index < -0.39 is 0 Å². The van der Waals surface area contributed by atoms with Crippen LogP contribution in [0.3, 0.4) is 0 Å². The average Bonchev–Trinajstić information content (AvgIpc) is 2.58. The van der Waals surface area contributed by atoms with Crippen LogP contribution in [0.15, 0.2) is 18.2 Å². The number of carbonyl (C=O) groups is 2. The van der Waals surface area contributed by atoms with Crippen LogP contribution < -0.4 is 10.6 Å². The number of benzene rings is 1. The van der Waals surface area contributed by atoms with Gasteiger partial charge < -0.3 is 15.5 Å². The second-order valence-corrected chi connectivity index (χ2v) is 7.64. The van der Waals surface area contributed by atoms with E-state index in [0.717, 1.165) is 37.2 Å². The Hall–Kier alpha value is -2.04. The summed E-state index contributed by atoms with van der Waals surface area (Å²) in [6.07, 6.45) is 5.93. The normalized spacial score (nSPS) is 15.3. The number of nitrogens with one attached hydrogen (secondary N) is 2. The number of rotatable bonds is 6. The van der Waals surface area contributed by atoms with Gasteiger partial charge in [0.05, 0.1) is 6.54 Å². The molecule has 2 rings (SSSR count). The lowest BCUT2D eigenvalue weighted by molar-refractivity contribution is -0.129. The van der Waals surface area contributed by atoms with E-state index in [-0.39, 0.29) is 11.8 Å². The lowest BCUT2D eigenvalue weighted by atomic mass is 10.1. The van der Waals surface area contributed by atoms with Gasteiger partial charge in [-0.15, -0.1) is 0 Å². The molecule has 144 valence electrons. The summed E-state index contributed by atoms with van der Waals surface area (Å²) < 4.78 is 0. The van der Waals surface area contributed by atoms with Crippen LogP contribution in [0.5, 0.6) is 0 Å². The van der Waals surface area contributed by atoms with Gasteiger partial charge in [0.2, 0.25) is 5.91 Å². The van der Waals surface area contributed by atoms with Crippen molar-refractivity contribution in [3.05, 3.63) is 29.3 Å². The van der Waals surface area contributed by atoms with Gasteiger partial charge in [0, 0.05) is 30.9 Å². The second-order valence-electron chi connectivity index (χ2n) is 7.64. The third kappa shape index (κ3) is 6.36. The third-order valence-corrected chi connectivity index (χ3v) is 4.80. The quantitative estimate of drug-likeness (QED) is 0.816. The number of aryl methyl sites for hydroxylation is 1. The molecule has 1 aromatic rings. The van der Waals surface area contributed by atoms with Crippen LogP contribution in [-0.4, -0.2) is 42.9 Å². The summed E-state index contributed by atoms with van der Waals surface area (Å²) in [4.78, 5) is 26.6. The minimum atomic E-state index is -0.0509. The van der Waals surface area contributed by atoms with Gasteiger partial charge in [0.25, 0.3) is 5.91 Å². The van der Waals surface area contributed by atoms with Gasteiger partial charge in [-0.25, -0.2) is 0 Å². The lowest BCUT2D eigenvalue weighted by Crippen LogP contribution is -2.37. The van der Waals surface area contributed by atoms with E-state index in [1.165, 1.54) is 19.3 Å². The first-order chi connectivity index (χ1) is 12.5. The van der Waals surface area contributed by atoms with Crippen molar-refractivity contribution < 1.29 is 9.59 Å². The van der Waals surface area contributed by atoms with Crippen LogP contribution in [0, 0.1) is 12.8 Å². The highest BCUT2D eigenvalue weighted by molar-refractivity contribution is 5.95. The minimum absolute atomic E-state index is 0.0509. The van der Waals surface area contributed by atoms with Crippen molar-refractivity contribution in [3.8, 4) is 0 Å². The first-order valence-corrected chi connectivity index (χ1v) is 9.88. The molecule has 5 nitrogen and oxygen atoms in total. The molecule has 26 heavy (non-hydrogen) atoms. The van der Waals surface area contributed by atoms with E-state index in [0.29, 0.717) is 24.6 Å². The van der Waals surface area contributed by atoms with Gasteiger partial charge in [0.15, 0.2) is 0 Å². The minimum Gasteiger partial charge on any atom is -0.376 e. The topological polar surface area (TPSA) is 61.4 Å². The molecule has 2 N–H and O–H groups in total. The Morgan fingerprint density at radius 3 is 2.35 bits per heavy atom. The number of amides is 2. The molecule has 1 saturated heterocycles. The molecule has 1 heterocycles. The highest BCUT2D eigenvalue weighted by Gasteiger charge is 2.15. The van der Waals surface area contributed by atoms with Gasteiger partial charge >= 0.3 is 0 Å². The van der Waals surface area contributed by atoms with Crippen molar-refractivity contribution in [2.24, 2.45) is 5.92 Å². The number of likely N-dealkylation sites (tertiary alicyclic amines) is 1. The van der Waals surface area contributed by atoms with Gasteiger partial charge in [-0.3, -0.25) is 9.59 Å². The Labute approximate surface area is 157 Å². The Morgan fingerprint density at radius 1 is 1.08 bits per heavy atom. The van der Waals surface area contributed by atoms with Crippen LogP contribution in [-0.2, 0) is 4.79 Å². The van der Waals surface area contributed by atoms with Crippen molar-refractivity contribution >= 4 is 17.5 Å². The van der Waals surface area contributed by atoms with E-state index in [4.69, 9.17) is 0 Å². The van der Waals surface area contributed by atoms with E-state index in [1.807, 2.05) is 30.0 Å². The number of hydrogen-bond acceptors (Lipinski definition) is 3. The van der Waals surface area contributed by atoms with Gasteiger partial charge in [0.1, 0.15) is 0 Å². The molecule has 0 saturated carbocycles. The van der Waals surface area contributed by atoms with E-state index in [9.17, 15) is 9.59 Å². The van der Waals surface area contributed by atoms with Gasteiger partial charge in [-0.2, -0.15) is 0 Å². The summed E-state index contributed by atoms with van der Waals surface area (Å²) in [5.41, 5.74) is 2.54. The number of hydrogen-bond donors (Lipinski definition) is 2. The van der Waals surface area contributed by atoms with Crippen LogP contribution in [0.25, 0.3) is 0 Å². The zero-order valence-corrected chi connectivity index (χ0v) is 16.4. The lowest BCUT2D eigenvalue weighted by Gasteiger charge is -2.25. The molecular formula is C21H33N3O2. The highest BCUT2D eigenvalue weighted by Crippen LogP contribution is 2.17. The summed E-state index contributed by atoms with van der Waals surface area (Å²) in [6, 6.07) is 5.57. The van der Waals surface area contributed by atoms with E-state index in [1.54, 1.807) is 0 Å². The predicted octanol–water partition coefficient (Wildman–Crippen LogP) is 3.59. The maximum atomic E-state index is 12.5. The monoisotopic (exact) mass is 359 g/mol. The molecule has 0 atom stereocenters. The van der Waals surface area contributed by atoms with Crippen molar-refractivity contribution in [3.63, 3.8) is 0 Å². The van der Waals surface area contributed by atoms with Gasteiger partial charge in [-0.1, -0.05) is 33.1 Å². The maximum absolute atomic E-state index is 12.5. The molecule has 0 spiro atoms. The molecule has 0 bridgehead atoms. The molecule has 0 radical (unpaired) electrons. The third-order valence-electron chi connectivity index (χ3n) is 4.80. The number of anilines is 1. The molecule has 5 heteroatoms. The SMILES string of the molecule is Cc1cc(C(=O)NCC(C)C)ccc1NCC(=O)N1CCCCCCC1. The summed E-state index contributed by atoms with van der Waals surface area (Å²) in [6.45, 7) is 8.82. The molecule has 0 aromatic heterocycles. The molecular weight excluding hydrogens is 326 g/mol. The first kappa shape index (κ1) is 20.3. The fraction of sp³-hybridized carbons (Fsp3) is 0.619. The molecule has 0 aliphatic carbocycles. The Morgan fingerprint density at radius 2 is 1.73 bits per heavy atom. The second kappa shape index (κ2) is 10.2. The smallest absolute Gasteiger partial charge is 0.251 e. The van der Waals surface area contributed by atoms with Crippen molar-refractivity contribution in [2.45, 2.75) is 52.9 Å². The maximum Gasteiger partial charge on any atom is 0.251 e. The molecule has 2 amide bonds. The molecule has 1 aliphatic heterocycles. The molecule has 1 fully saturated rings. The van der Waals surface area contributed by atoms with E-state index in [2.05, 4.69) is 24.5 Å². The van der Waals surface area contributed by atoms with Crippen molar-refractivity contribution in [1.82, 2.24) is 10.2 Å². The molecule has 1 aliphatic rings. The van der Waals surface area contributed by atoms with Crippen molar-refractivity contribution in [2.75, 3.05) is 31.5 Å². The Balaban J connectivity index is 1.88. The van der Waals surface area contributed by atoms with Crippen LogP contribution in [0.1, 0.15) is 61.9 Å². The first-order valence-electron chi connectivity index (χ1n) is 9.88. The summed E-state index contributed by atoms with van der Waals surface area (Å²) >= 11 is 0.